The molecule has 0 atom stereocenters. The standard InChI is InChI=1S/C20H17Cl2N5O3S/c1-2-9-26-18(11-23-19(28)14-5-8-16(21)17(22)10-14)24-25-20(26)31-12-13-3-6-15(7-4-13)27(29)30/h2-8,10H,1,9,11-12H2,(H,23,28). The highest BCUT2D eigenvalue weighted by molar-refractivity contribution is 7.98. The molecule has 0 unspecified atom stereocenters. The molecule has 160 valence electrons. The molecule has 0 saturated heterocycles. The normalized spacial score (nSPS) is 10.6. The molecule has 0 saturated carbocycles. The highest BCUT2D eigenvalue weighted by atomic mass is 35.5. The Bertz CT molecular complexity index is 1120. The van der Waals surface area contributed by atoms with E-state index in [0.29, 0.717) is 38.9 Å². The summed E-state index contributed by atoms with van der Waals surface area (Å²) in [7, 11) is 0. The van der Waals surface area contributed by atoms with Crippen LogP contribution in [0.2, 0.25) is 10.0 Å². The number of amides is 1. The molecule has 1 amide bonds. The first kappa shape index (κ1) is 22.8. The van der Waals surface area contributed by atoms with Crippen LogP contribution in [0.4, 0.5) is 5.69 Å². The minimum atomic E-state index is -0.434. The minimum absolute atomic E-state index is 0.0450. The first-order valence-corrected chi connectivity index (χ1v) is 10.8. The van der Waals surface area contributed by atoms with Gasteiger partial charge in [0.05, 0.1) is 21.5 Å². The predicted octanol–water partition coefficient (Wildman–Crippen LogP) is 4.90. The van der Waals surface area contributed by atoms with Crippen molar-refractivity contribution in [1.82, 2.24) is 20.1 Å². The molecule has 11 heteroatoms. The molecule has 3 rings (SSSR count). The van der Waals surface area contributed by atoms with E-state index in [1.54, 1.807) is 30.3 Å². The van der Waals surface area contributed by atoms with Crippen LogP contribution in [-0.4, -0.2) is 25.6 Å². The molecule has 0 aliphatic heterocycles. The van der Waals surface area contributed by atoms with Crippen LogP contribution in [-0.2, 0) is 18.8 Å². The minimum Gasteiger partial charge on any atom is -0.345 e. The lowest BCUT2D eigenvalue weighted by Crippen LogP contribution is -2.24. The van der Waals surface area contributed by atoms with Gasteiger partial charge in [-0.2, -0.15) is 0 Å². The van der Waals surface area contributed by atoms with Gasteiger partial charge in [-0.1, -0.05) is 53.2 Å². The second-order valence-electron chi connectivity index (χ2n) is 6.32. The SMILES string of the molecule is C=CCn1c(CNC(=O)c2ccc(Cl)c(Cl)c2)nnc1SCc1ccc([N+](=O)[O-])cc1. The van der Waals surface area contributed by atoms with E-state index < -0.39 is 4.92 Å². The molecule has 1 heterocycles. The van der Waals surface area contributed by atoms with E-state index in [1.165, 1.54) is 30.0 Å². The fourth-order valence-corrected chi connectivity index (χ4v) is 3.85. The number of halogens is 2. The molecule has 1 aromatic heterocycles. The maximum absolute atomic E-state index is 12.4. The number of aromatic nitrogens is 3. The molecule has 8 nitrogen and oxygen atoms in total. The molecule has 0 radical (unpaired) electrons. The summed E-state index contributed by atoms with van der Waals surface area (Å²) < 4.78 is 1.85. The third kappa shape index (κ3) is 5.84. The zero-order valence-electron chi connectivity index (χ0n) is 16.1. The van der Waals surface area contributed by atoms with Gasteiger partial charge in [0.25, 0.3) is 11.6 Å². The zero-order chi connectivity index (χ0) is 22.4. The molecule has 0 aliphatic rings. The summed E-state index contributed by atoms with van der Waals surface area (Å²) in [5.41, 5.74) is 1.35. The number of allylic oxidation sites excluding steroid dienone is 1. The van der Waals surface area contributed by atoms with E-state index in [4.69, 9.17) is 23.2 Å². The van der Waals surface area contributed by atoms with Crippen molar-refractivity contribution in [1.29, 1.82) is 0 Å². The Labute approximate surface area is 192 Å². The Morgan fingerprint density at radius 3 is 2.58 bits per heavy atom. The van der Waals surface area contributed by atoms with Crippen LogP contribution in [0.3, 0.4) is 0 Å². The number of hydrogen-bond donors (Lipinski definition) is 1. The van der Waals surface area contributed by atoms with E-state index in [9.17, 15) is 14.9 Å². The van der Waals surface area contributed by atoms with Gasteiger partial charge < -0.3 is 9.88 Å². The molecule has 3 aromatic rings. The number of nitro groups is 1. The number of non-ortho nitro benzene ring substituents is 1. The summed E-state index contributed by atoms with van der Waals surface area (Å²) in [4.78, 5) is 22.7. The lowest BCUT2D eigenvalue weighted by molar-refractivity contribution is -0.384. The van der Waals surface area contributed by atoms with E-state index in [1.807, 2.05) is 4.57 Å². The number of benzene rings is 2. The summed E-state index contributed by atoms with van der Waals surface area (Å²) in [6, 6.07) is 11.0. The van der Waals surface area contributed by atoms with Gasteiger partial charge in [0.1, 0.15) is 0 Å². The summed E-state index contributed by atoms with van der Waals surface area (Å²) in [5, 5.41) is 23.3. The first-order chi connectivity index (χ1) is 14.9. The van der Waals surface area contributed by atoms with Crippen LogP contribution >= 0.6 is 35.0 Å². The number of hydrogen-bond acceptors (Lipinski definition) is 6. The summed E-state index contributed by atoms with van der Waals surface area (Å²) in [6.45, 7) is 4.39. The highest BCUT2D eigenvalue weighted by Gasteiger charge is 2.14. The van der Waals surface area contributed by atoms with Crippen LogP contribution in [0.1, 0.15) is 21.7 Å². The van der Waals surface area contributed by atoms with E-state index in [0.717, 1.165) is 5.56 Å². The fourth-order valence-electron chi connectivity index (χ4n) is 2.63. The van der Waals surface area contributed by atoms with Gasteiger partial charge in [0.15, 0.2) is 11.0 Å². The largest absolute Gasteiger partial charge is 0.345 e. The number of nitrogens with zero attached hydrogens (tertiary/aromatic N) is 4. The van der Waals surface area contributed by atoms with Crippen LogP contribution in [0.15, 0.2) is 60.3 Å². The Kier molecular flexibility index (Phi) is 7.67. The fraction of sp³-hybridized carbons (Fsp3) is 0.150. The quantitative estimate of drug-likeness (QED) is 0.203. The molecule has 0 fully saturated rings. The Morgan fingerprint density at radius 1 is 1.19 bits per heavy atom. The van der Waals surface area contributed by atoms with Crippen molar-refractivity contribution >= 4 is 46.6 Å². The molecule has 31 heavy (non-hydrogen) atoms. The van der Waals surface area contributed by atoms with Crippen LogP contribution in [0, 0.1) is 10.1 Å². The maximum atomic E-state index is 12.4. The van der Waals surface area contributed by atoms with Crippen molar-refractivity contribution in [2.45, 2.75) is 24.0 Å². The third-order valence-corrected chi connectivity index (χ3v) is 5.99. The second kappa shape index (κ2) is 10.4. The van der Waals surface area contributed by atoms with Crippen LogP contribution in [0.25, 0.3) is 0 Å². The first-order valence-electron chi connectivity index (χ1n) is 9.01. The topological polar surface area (TPSA) is 103 Å². The summed E-state index contributed by atoms with van der Waals surface area (Å²) in [5.74, 6) is 0.814. The maximum Gasteiger partial charge on any atom is 0.269 e. The van der Waals surface area contributed by atoms with Crippen molar-refractivity contribution in [2.24, 2.45) is 0 Å². The molecular weight excluding hydrogens is 461 g/mol. The van der Waals surface area contributed by atoms with Gasteiger partial charge in [0.2, 0.25) is 0 Å². The number of carbonyl (C=O) groups is 1. The summed E-state index contributed by atoms with van der Waals surface area (Å²) >= 11 is 13.3. The smallest absolute Gasteiger partial charge is 0.269 e. The van der Waals surface area contributed by atoms with Gasteiger partial charge >= 0.3 is 0 Å². The molecule has 0 aliphatic carbocycles. The van der Waals surface area contributed by atoms with Crippen molar-refractivity contribution < 1.29 is 9.72 Å². The number of nitrogens with one attached hydrogen (secondary N) is 1. The Balaban J connectivity index is 1.66. The number of thioether (sulfide) groups is 1. The van der Waals surface area contributed by atoms with E-state index in [-0.39, 0.29) is 18.1 Å². The average Bonchev–Trinajstić information content (AvgIpc) is 3.14. The van der Waals surface area contributed by atoms with Crippen molar-refractivity contribution in [3.8, 4) is 0 Å². The van der Waals surface area contributed by atoms with Crippen molar-refractivity contribution in [3.05, 3.63) is 92.2 Å². The van der Waals surface area contributed by atoms with Crippen molar-refractivity contribution in [3.63, 3.8) is 0 Å². The lowest BCUT2D eigenvalue weighted by Gasteiger charge is -2.09. The predicted molar refractivity (Wildman–Crippen MR) is 121 cm³/mol. The average molecular weight is 478 g/mol. The molecule has 0 spiro atoms. The van der Waals surface area contributed by atoms with E-state index >= 15 is 0 Å². The molecular formula is C20H17Cl2N5O3S. The lowest BCUT2D eigenvalue weighted by atomic mass is 10.2. The van der Waals surface area contributed by atoms with Gasteiger partial charge in [-0.05, 0) is 23.8 Å². The van der Waals surface area contributed by atoms with E-state index in [2.05, 4.69) is 22.1 Å². The Hall–Kier alpha value is -2.88. The van der Waals surface area contributed by atoms with Gasteiger partial charge in [-0.15, -0.1) is 16.8 Å². The van der Waals surface area contributed by atoms with Gasteiger partial charge in [-0.25, -0.2) is 0 Å². The summed E-state index contributed by atoms with van der Waals surface area (Å²) in [6.07, 6.45) is 1.71. The highest BCUT2D eigenvalue weighted by Crippen LogP contribution is 2.24. The van der Waals surface area contributed by atoms with Crippen molar-refractivity contribution in [2.75, 3.05) is 0 Å². The second-order valence-corrected chi connectivity index (χ2v) is 8.08. The Morgan fingerprint density at radius 2 is 1.94 bits per heavy atom. The molecule has 2 aromatic carbocycles. The van der Waals surface area contributed by atoms with Crippen LogP contribution < -0.4 is 5.32 Å². The number of rotatable bonds is 9. The zero-order valence-corrected chi connectivity index (χ0v) is 18.5. The third-order valence-electron chi connectivity index (χ3n) is 4.21. The monoisotopic (exact) mass is 477 g/mol. The number of carbonyl (C=O) groups excluding carboxylic acids is 1. The molecule has 1 N–H and O–H groups in total. The molecule has 0 bridgehead atoms. The van der Waals surface area contributed by atoms with Crippen LogP contribution in [0.5, 0.6) is 0 Å². The number of nitro benzene ring substituents is 1. The van der Waals surface area contributed by atoms with Gasteiger partial charge in [0, 0.05) is 30.0 Å². The van der Waals surface area contributed by atoms with Gasteiger partial charge in [-0.3, -0.25) is 14.9 Å².